The van der Waals surface area contributed by atoms with E-state index in [4.69, 9.17) is 0 Å². The summed E-state index contributed by atoms with van der Waals surface area (Å²) in [5, 5.41) is 6.66. The van der Waals surface area contributed by atoms with E-state index in [0.29, 0.717) is 17.8 Å². The van der Waals surface area contributed by atoms with E-state index in [1.165, 1.54) is 0 Å². The van der Waals surface area contributed by atoms with Crippen LogP contribution in [-0.2, 0) is 0 Å². The van der Waals surface area contributed by atoms with E-state index >= 15 is 4.39 Å². The summed E-state index contributed by atoms with van der Waals surface area (Å²) >= 11 is 0. The number of rotatable bonds is 1. The number of hydrogen-bond acceptors (Lipinski definition) is 2. The number of halogens is 1. The fraction of sp³-hybridized carbons (Fsp3) is 1.00. The molecule has 2 aliphatic carbocycles. The van der Waals surface area contributed by atoms with E-state index in [1.807, 2.05) is 0 Å². The molecule has 78 valence electrons. The molecule has 0 radical (unpaired) electrons. The highest BCUT2D eigenvalue weighted by Gasteiger charge is 2.68. The van der Waals surface area contributed by atoms with Crippen LogP contribution in [0.15, 0.2) is 0 Å². The Kier molecular flexibility index (Phi) is 1.34. The summed E-state index contributed by atoms with van der Waals surface area (Å²) in [6.07, 6.45) is 2.32. The van der Waals surface area contributed by atoms with Gasteiger partial charge in [-0.3, -0.25) is 0 Å². The molecule has 2 saturated heterocycles. The fourth-order valence-electron chi connectivity index (χ4n) is 4.52. The van der Waals surface area contributed by atoms with Gasteiger partial charge >= 0.3 is 0 Å². The zero-order valence-electron chi connectivity index (χ0n) is 8.30. The Morgan fingerprint density at radius 1 is 1.07 bits per heavy atom. The van der Waals surface area contributed by atoms with Crippen LogP contribution in [0.5, 0.6) is 0 Å². The first-order chi connectivity index (χ1) is 6.80. The number of hydrogen-bond donors (Lipinski definition) is 2. The third-order valence-corrected chi connectivity index (χ3v) is 5.29. The van der Waals surface area contributed by atoms with Gasteiger partial charge in [-0.15, -0.1) is 0 Å². The van der Waals surface area contributed by atoms with Crippen molar-refractivity contribution in [2.75, 3.05) is 19.6 Å². The van der Waals surface area contributed by atoms with Crippen LogP contribution in [0.3, 0.4) is 0 Å². The summed E-state index contributed by atoms with van der Waals surface area (Å²) in [5.74, 6) is 2.16. The van der Waals surface area contributed by atoms with E-state index in [9.17, 15) is 0 Å². The standard InChI is InChI=1S/C11H17FN2/c12-11(8-4-13-5-8)7-1-6-3-14-10(11)9(6)2-7/h6-10,13-14H,1-5H2. The Balaban J connectivity index is 1.73. The zero-order valence-corrected chi connectivity index (χ0v) is 8.30. The highest BCUT2D eigenvalue weighted by molar-refractivity contribution is 5.20. The van der Waals surface area contributed by atoms with Gasteiger partial charge in [0.15, 0.2) is 0 Å². The Bertz CT molecular complexity index is 276. The lowest BCUT2D eigenvalue weighted by Gasteiger charge is -2.45. The second-order valence-electron chi connectivity index (χ2n) is 5.66. The lowest BCUT2D eigenvalue weighted by atomic mass is 9.70. The minimum Gasteiger partial charge on any atom is -0.316 e. The van der Waals surface area contributed by atoms with Gasteiger partial charge in [-0.2, -0.15) is 0 Å². The first-order valence-electron chi connectivity index (χ1n) is 5.93. The topological polar surface area (TPSA) is 24.1 Å². The molecule has 2 N–H and O–H groups in total. The molecule has 4 fully saturated rings. The van der Waals surface area contributed by atoms with Crippen LogP contribution < -0.4 is 10.6 Å². The van der Waals surface area contributed by atoms with Crippen molar-refractivity contribution in [1.29, 1.82) is 0 Å². The van der Waals surface area contributed by atoms with Crippen molar-refractivity contribution in [2.45, 2.75) is 24.6 Å². The molecule has 3 heteroatoms. The summed E-state index contributed by atoms with van der Waals surface area (Å²) in [5.41, 5.74) is -0.858. The Labute approximate surface area is 83.6 Å². The lowest BCUT2D eigenvalue weighted by Crippen LogP contribution is -2.62. The monoisotopic (exact) mass is 196 g/mol. The van der Waals surface area contributed by atoms with Crippen molar-refractivity contribution >= 4 is 0 Å². The molecule has 2 bridgehead atoms. The molecule has 5 unspecified atom stereocenters. The summed E-state index contributed by atoms with van der Waals surface area (Å²) in [4.78, 5) is 0. The Morgan fingerprint density at radius 2 is 1.93 bits per heavy atom. The summed E-state index contributed by atoms with van der Waals surface area (Å²) in [7, 11) is 0. The molecule has 0 amide bonds. The molecular weight excluding hydrogens is 179 g/mol. The molecule has 2 nitrogen and oxygen atoms in total. The van der Waals surface area contributed by atoms with Crippen molar-refractivity contribution in [3.8, 4) is 0 Å². The second-order valence-corrected chi connectivity index (χ2v) is 5.66. The van der Waals surface area contributed by atoms with Crippen molar-refractivity contribution in [2.24, 2.45) is 23.7 Å². The van der Waals surface area contributed by atoms with Crippen LogP contribution in [0.25, 0.3) is 0 Å². The first kappa shape index (κ1) is 8.05. The molecule has 0 aromatic heterocycles. The summed E-state index contributed by atoms with van der Waals surface area (Å²) in [6.45, 7) is 2.89. The van der Waals surface area contributed by atoms with Gasteiger partial charge in [0.05, 0.1) is 0 Å². The van der Waals surface area contributed by atoms with Gasteiger partial charge in [0.1, 0.15) is 5.67 Å². The van der Waals surface area contributed by atoms with Crippen LogP contribution >= 0.6 is 0 Å². The maximum absolute atomic E-state index is 15.0. The van der Waals surface area contributed by atoms with Gasteiger partial charge in [-0.25, -0.2) is 4.39 Å². The van der Waals surface area contributed by atoms with Crippen molar-refractivity contribution in [3.05, 3.63) is 0 Å². The van der Waals surface area contributed by atoms with Gasteiger partial charge in [0, 0.05) is 25.0 Å². The van der Waals surface area contributed by atoms with Crippen LogP contribution in [0.4, 0.5) is 4.39 Å². The maximum Gasteiger partial charge on any atom is 0.134 e. The largest absolute Gasteiger partial charge is 0.316 e. The third kappa shape index (κ3) is 0.694. The van der Waals surface area contributed by atoms with E-state index in [2.05, 4.69) is 10.6 Å². The first-order valence-corrected chi connectivity index (χ1v) is 5.93. The second kappa shape index (κ2) is 2.33. The van der Waals surface area contributed by atoms with E-state index in [1.54, 1.807) is 0 Å². The molecule has 4 rings (SSSR count). The van der Waals surface area contributed by atoms with E-state index in [0.717, 1.165) is 38.4 Å². The smallest absolute Gasteiger partial charge is 0.134 e. The molecule has 2 heterocycles. The van der Waals surface area contributed by atoms with Gasteiger partial charge in [-0.1, -0.05) is 0 Å². The highest BCUT2D eigenvalue weighted by atomic mass is 19.1. The Morgan fingerprint density at radius 3 is 2.64 bits per heavy atom. The van der Waals surface area contributed by atoms with Gasteiger partial charge in [0.2, 0.25) is 0 Å². The number of fused-ring (bicyclic) bond motifs is 1. The molecule has 2 saturated carbocycles. The minimum absolute atomic E-state index is 0.207. The third-order valence-electron chi connectivity index (χ3n) is 5.29. The average molecular weight is 196 g/mol. The van der Waals surface area contributed by atoms with Crippen LogP contribution in [0, 0.1) is 23.7 Å². The maximum atomic E-state index is 15.0. The van der Waals surface area contributed by atoms with Crippen molar-refractivity contribution in [3.63, 3.8) is 0 Å². The quantitative estimate of drug-likeness (QED) is 0.639. The minimum atomic E-state index is -0.858. The van der Waals surface area contributed by atoms with Crippen molar-refractivity contribution < 1.29 is 4.39 Å². The molecule has 5 atom stereocenters. The molecule has 4 aliphatic rings. The molecule has 0 aromatic rings. The van der Waals surface area contributed by atoms with Gasteiger partial charge in [0.25, 0.3) is 0 Å². The predicted octanol–water partition coefficient (Wildman–Crippen LogP) is 0.542. The SMILES string of the molecule is FC1(C2CNC2)C2CC3CNC1C3C2. The zero-order chi connectivity index (χ0) is 9.34. The van der Waals surface area contributed by atoms with Gasteiger partial charge < -0.3 is 10.6 Å². The molecule has 2 aliphatic heterocycles. The van der Waals surface area contributed by atoms with Gasteiger partial charge in [-0.05, 0) is 37.1 Å². The van der Waals surface area contributed by atoms with E-state index < -0.39 is 5.67 Å². The number of nitrogens with one attached hydrogen (secondary N) is 2. The fourth-order valence-corrected chi connectivity index (χ4v) is 4.52. The predicted molar refractivity (Wildman–Crippen MR) is 51.7 cm³/mol. The highest BCUT2D eigenvalue weighted by Crippen LogP contribution is 2.61. The van der Waals surface area contributed by atoms with Crippen molar-refractivity contribution in [1.82, 2.24) is 10.6 Å². The summed E-state index contributed by atoms with van der Waals surface area (Å²) in [6, 6.07) is 0.207. The Hall–Kier alpha value is -0.150. The molecule has 0 spiro atoms. The van der Waals surface area contributed by atoms with Crippen LogP contribution in [0.1, 0.15) is 12.8 Å². The lowest BCUT2D eigenvalue weighted by molar-refractivity contribution is -0.0222. The van der Waals surface area contributed by atoms with Crippen LogP contribution in [-0.4, -0.2) is 31.3 Å². The molecule has 0 aromatic carbocycles. The van der Waals surface area contributed by atoms with Crippen LogP contribution in [0.2, 0.25) is 0 Å². The average Bonchev–Trinajstić information content (AvgIpc) is 2.57. The summed E-state index contributed by atoms with van der Waals surface area (Å²) < 4.78 is 15.0. The molecule has 14 heavy (non-hydrogen) atoms. The number of alkyl halides is 1. The van der Waals surface area contributed by atoms with E-state index in [-0.39, 0.29) is 6.04 Å². The normalized spacial score (nSPS) is 60.6. The molecular formula is C11H17FN2.